The van der Waals surface area contributed by atoms with E-state index in [1.54, 1.807) is 30.4 Å². The monoisotopic (exact) mass is 236 g/mol. The van der Waals surface area contributed by atoms with Crippen LogP contribution in [-0.2, 0) is 16.1 Å². The number of amides is 2. The van der Waals surface area contributed by atoms with Gasteiger partial charge in [0.25, 0.3) is 0 Å². The van der Waals surface area contributed by atoms with Crippen molar-refractivity contribution in [2.24, 2.45) is 0 Å². The first kappa shape index (κ1) is 11.7. The Morgan fingerprint density at radius 1 is 1.47 bits per heavy atom. The molecular formula is C12H16N2O3. The molecule has 0 aromatic carbocycles. The molecule has 2 rings (SSSR count). The average molecular weight is 236 g/mol. The van der Waals surface area contributed by atoms with Gasteiger partial charge in [-0.05, 0) is 19.4 Å². The second-order valence-electron chi connectivity index (χ2n) is 4.24. The SMILES string of the molecule is CCC1NC(=O)C(C)N(Cc2ccoc2)C1=O. The Kier molecular flexibility index (Phi) is 3.17. The highest BCUT2D eigenvalue weighted by molar-refractivity contribution is 5.96. The fraction of sp³-hybridized carbons (Fsp3) is 0.500. The maximum absolute atomic E-state index is 12.1. The molecular weight excluding hydrogens is 220 g/mol. The zero-order valence-corrected chi connectivity index (χ0v) is 9.97. The van der Waals surface area contributed by atoms with Crippen LogP contribution in [-0.4, -0.2) is 28.8 Å². The topological polar surface area (TPSA) is 62.6 Å². The molecule has 1 fully saturated rings. The van der Waals surface area contributed by atoms with E-state index in [9.17, 15) is 9.59 Å². The summed E-state index contributed by atoms with van der Waals surface area (Å²) in [6.45, 7) is 4.04. The van der Waals surface area contributed by atoms with Gasteiger partial charge in [0.1, 0.15) is 12.1 Å². The van der Waals surface area contributed by atoms with Gasteiger partial charge in [0.15, 0.2) is 0 Å². The number of nitrogens with one attached hydrogen (secondary N) is 1. The van der Waals surface area contributed by atoms with Crippen molar-refractivity contribution in [3.63, 3.8) is 0 Å². The molecule has 1 aliphatic rings. The van der Waals surface area contributed by atoms with Crippen molar-refractivity contribution in [2.75, 3.05) is 0 Å². The Labute approximate surface area is 99.8 Å². The maximum atomic E-state index is 12.1. The molecule has 1 saturated heterocycles. The number of rotatable bonds is 3. The smallest absolute Gasteiger partial charge is 0.246 e. The third-order valence-electron chi connectivity index (χ3n) is 3.09. The molecule has 1 aromatic rings. The van der Waals surface area contributed by atoms with Gasteiger partial charge in [-0.3, -0.25) is 9.59 Å². The van der Waals surface area contributed by atoms with Gasteiger partial charge < -0.3 is 14.6 Å². The van der Waals surface area contributed by atoms with E-state index in [0.717, 1.165) is 5.56 Å². The van der Waals surface area contributed by atoms with E-state index in [2.05, 4.69) is 5.32 Å². The van der Waals surface area contributed by atoms with Crippen molar-refractivity contribution in [2.45, 2.75) is 38.9 Å². The first-order chi connectivity index (χ1) is 8.13. The molecule has 2 heterocycles. The van der Waals surface area contributed by atoms with E-state index in [-0.39, 0.29) is 11.8 Å². The van der Waals surface area contributed by atoms with Crippen molar-refractivity contribution >= 4 is 11.8 Å². The third-order valence-corrected chi connectivity index (χ3v) is 3.09. The minimum Gasteiger partial charge on any atom is -0.472 e. The largest absolute Gasteiger partial charge is 0.472 e. The quantitative estimate of drug-likeness (QED) is 0.848. The zero-order valence-electron chi connectivity index (χ0n) is 9.97. The van der Waals surface area contributed by atoms with E-state index in [4.69, 9.17) is 4.42 Å². The van der Waals surface area contributed by atoms with Crippen LogP contribution in [0.1, 0.15) is 25.8 Å². The highest BCUT2D eigenvalue weighted by Gasteiger charge is 2.36. The van der Waals surface area contributed by atoms with Crippen LogP contribution in [0.2, 0.25) is 0 Å². The molecule has 0 saturated carbocycles. The number of hydrogen-bond acceptors (Lipinski definition) is 3. The van der Waals surface area contributed by atoms with E-state index in [0.29, 0.717) is 13.0 Å². The summed E-state index contributed by atoms with van der Waals surface area (Å²) in [6, 6.07) is 0.971. The number of carbonyl (C=O) groups excluding carboxylic acids is 2. The third kappa shape index (κ3) is 2.18. The van der Waals surface area contributed by atoms with Gasteiger partial charge in [-0.1, -0.05) is 6.92 Å². The highest BCUT2D eigenvalue weighted by atomic mass is 16.3. The number of furan rings is 1. The van der Waals surface area contributed by atoms with Gasteiger partial charge in [-0.15, -0.1) is 0 Å². The lowest BCUT2D eigenvalue weighted by Crippen LogP contribution is -2.61. The van der Waals surface area contributed by atoms with E-state index in [1.165, 1.54) is 0 Å². The van der Waals surface area contributed by atoms with Crippen LogP contribution < -0.4 is 5.32 Å². The van der Waals surface area contributed by atoms with Crippen LogP contribution in [0, 0.1) is 0 Å². The van der Waals surface area contributed by atoms with Crippen LogP contribution in [0.25, 0.3) is 0 Å². The molecule has 1 N–H and O–H groups in total. The van der Waals surface area contributed by atoms with Gasteiger partial charge in [0.05, 0.1) is 12.5 Å². The summed E-state index contributed by atoms with van der Waals surface area (Å²) < 4.78 is 4.97. The summed E-state index contributed by atoms with van der Waals surface area (Å²) in [5.41, 5.74) is 0.898. The molecule has 1 aromatic heterocycles. The van der Waals surface area contributed by atoms with Crippen LogP contribution >= 0.6 is 0 Å². The van der Waals surface area contributed by atoms with Gasteiger partial charge in [0.2, 0.25) is 11.8 Å². The summed E-state index contributed by atoms with van der Waals surface area (Å²) in [6.07, 6.45) is 3.76. The summed E-state index contributed by atoms with van der Waals surface area (Å²) in [5.74, 6) is -0.124. The van der Waals surface area contributed by atoms with E-state index >= 15 is 0 Å². The first-order valence-electron chi connectivity index (χ1n) is 5.75. The van der Waals surface area contributed by atoms with E-state index < -0.39 is 12.1 Å². The number of carbonyl (C=O) groups is 2. The molecule has 17 heavy (non-hydrogen) atoms. The predicted molar refractivity (Wildman–Crippen MR) is 60.9 cm³/mol. The summed E-state index contributed by atoms with van der Waals surface area (Å²) >= 11 is 0. The average Bonchev–Trinajstić information content (AvgIpc) is 2.82. The number of nitrogens with zero attached hydrogens (tertiary/aromatic N) is 1. The van der Waals surface area contributed by atoms with Gasteiger partial charge in [-0.25, -0.2) is 0 Å². The molecule has 2 atom stereocenters. The summed E-state index contributed by atoms with van der Waals surface area (Å²) in [4.78, 5) is 25.4. The molecule has 0 spiro atoms. The molecule has 1 aliphatic heterocycles. The Bertz CT molecular complexity index is 413. The minimum atomic E-state index is -0.430. The van der Waals surface area contributed by atoms with Crippen molar-refractivity contribution in [3.8, 4) is 0 Å². The standard InChI is InChI=1S/C12H16N2O3/c1-3-10-12(16)14(8(2)11(15)13-10)6-9-4-5-17-7-9/h4-5,7-8,10H,3,6H2,1-2H3,(H,13,15). The highest BCUT2D eigenvalue weighted by Crippen LogP contribution is 2.16. The maximum Gasteiger partial charge on any atom is 0.246 e. The Morgan fingerprint density at radius 3 is 2.82 bits per heavy atom. The molecule has 0 bridgehead atoms. The minimum absolute atomic E-state index is 0.0270. The van der Waals surface area contributed by atoms with Crippen LogP contribution in [0.4, 0.5) is 0 Å². The molecule has 5 nitrogen and oxygen atoms in total. The van der Waals surface area contributed by atoms with Crippen molar-refractivity contribution in [1.82, 2.24) is 10.2 Å². The fourth-order valence-corrected chi connectivity index (χ4v) is 1.96. The van der Waals surface area contributed by atoms with Crippen molar-refractivity contribution in [3.05, 3.63) is 24.2 Å². The second kappa shape index (κ2) is 4.61. The van der Waals surface area contributed by atoms with Gasteiger partial charge in [-0.2, -0.15) is 0 Å². The zero-order chi connectivity index (χ0) is 12.4. The van der Waals surface area contributed by atoms with Crippen LogP contribution in [0.3, 0.4) is 0 Å². The fourth-order valence-electron chi connectivity index (χ4n) is 1.96. The number of piperazine rings is 1. The molecule has 5 heteroatoms. The lowest BCUT2D eigenvalue weighted by molar-refractivity contribution is -0.149. The predicted octanol–water partition coefficient (Wildman–Crippen LogP) is 0.905. The first-order valence-corrected chi connectivity index (χ1v) is 5.75. The van der Waals surface area contributed by atoms with E-state index in [1.807, 2.05) is 6.92 Å². The van der Waals surface area contributed by atoms with Crippen LogP contribution in [0.15, 0.2) is 23.0 Å². The van der Waals surface area contributed by atoms with Gasteiger partial charge >= 0.3 is 0 Å². The molecule has 2 amide bonds. The molecule has 2 unspecified atom stereocenters. The molecule has 92 valence electrons. The second-order valence-corrected chi connectivity index (χ2v) is 4.24. The lowest BCUT2D eigenvalue weighted by Gasteiger charge is -2.36. The molecule has 0 radical (unpaired) electrons. The van der Waals surface area contributed by atoms with Gasteiger partial charge in [0, 0.05) is 12.1 Å². The normalized spacial score (nSPS) is 24.9. The Balaban J connectivity index is 2.17. The van der Waals surface area contributed by atoms with Crippen molar-refractivity contribution < 1.29 is 14.0 Å². The molecule has 0 aliphatic carbocycles. The Morgan fingerprint density at radius 2 is 2.24 bits per heavy atom. The van der Waals surface area contributed by atoms with Crippen LogP contribution in [0.5, 0.6) is 0 Å². The number of hydrogen-bond donors (Lipinski definition) is 1. The lowest BCUT2D eigenvalue weighted by atomic mass is 10.1. The summed E-state index contributed by atoms with van der Waals surface area (Å²) in [5, 5.41) is 2.72. The Hall–Kier alpha value is -1.78. The van der Waals surface area contributed by atoms with Crippen molar-refractivity contribution in [1.29, 1.82) is 0 Å². The summed E-state index contributed by atoms with van der Waals surface area (Å²) in [7, 11) is 0.